The number of nitrogens with one attached hydrogen (secondary N) is 2. The third kappa shape index (κ3) is 2.12. The standard InChI is InChI=1S/C11H12ClN7/c1-6(2)19-5-15-7-8(16-10(12)18-9(7)19)17-11-13-3-4-14-11/h3-6H,1-2H3,(H2,13,14,16,17,18). The van der Waals surface area contributed by atoms with Crippen LogP contribution in [0.25, 0.3) is 11.2 Å². The molecule has 0 saturated carbocycles. The number of anilines is 2. The van der Waals surface area contributed by atoms with E-state index in [4.69, 9.17) is 11.6 Å². The maximum absolute atomic E-state index is 5.96. The molecule has 0 saturated heterocycles. The molecule has 0 bridgehead atoms. The van der Waals surface area contributed by atoms with Crippen molar-refractivity contribution in [2.24, 2.45) is 0 Å². The largest absolute Gasteiger partial charge is 0.331 e. The minimum Gasteiger partial charge on any atom is -0.331 e. The predicted molar refractivity (Wildman–Crippen MR) is 72.6 cm³/mol. The fraction of sp³-hybridized carbons (Fsp3) is 0.273. The topological polar surface area (TPSA) is 84.3 Å². The maximum Gasteiger partial charge on any atom is 0.226 e. The highest BCUT2D eigenvalue weighted by atomic mass is 35.5. The minimum atomic E-state index is 0.170. The van der Waals surface area contributed by atoms with E-state index in [0.29, 0.717) is 22.9 Å². The second-order valence-electron chi connectivity index (χ2n) is 4.32. The third-order valence-corrected chi connectivity index (χ3v) is 2.85. The summed E-state index contributed by atoms with van der Waals surface area (Å²) in [4.78, 5) is 19.7. The molecule has 8 heteroatoms. The molecular formula is C11H12ClN7. The van der Waals surface area contributed by atoms with Crippen molar-refractivity contribution in [3.8, 4) is 0 Å². The fourth-order valence-corrected chi connectivity index (χ4v) is 1.97. The number of hydrogen-bond donors (Lipinski definition) is 2. The quantitative estimate of drug-likeness (QED) is 0.719. The van der Waals surface area contributed by atoms with Gasteiger partial charge in [0.1, 0.15) is 0 Å². The molecule has 0 radical (unpaired) electrons. The molecule has 2 N–H and O–H groups in total. The Morgan fingerprint density at radius 1 is 1.32 bits per heavy atom. The molecule has 3 rings (SSSR count). The Balaban J connectivity index is 2.14. The second-order valence-corrected chi connectivity index (χ2v) is 4.66. The molecule has 98 valence electrons. The van der Waals surface area contributed by atoms with Gasteiger partial charge in [-0.3, -0.25) is 0 Å². The van der Waals surface area contributed by atoms with Crippen molar-refractivity contribution in [2.75, 3.05) is 5.32 Å². The van der Waals surface area contributed by atoms with Gasteiger partial charge in [-0.25, -0.2) is 9.97 Å². The Labute approximate surface area is 114 Å². The number of rotatable bonds is 3. The van der Waals surface area contributed by atoms with Crippen LogP contribution in [0.3, 0.4) is 0 Å². The monoisotopic (exact) mass is 277 g/mol. The zero-order valence-corrected chi connectivity index (χ0v) is 11.2. The first-order chi connectivity index (χ1) is 9.15. The summed E-state index contributed by atoms with van der Waals surface area (Å²) in [5, 5.41) is 3.21. The number of aromatic nitrogens is 6. The Hall–Kier alpha value is -2.15. The van der Waals surface area contributed by atoms with Gasteiger partial charge in [-0.05, 0) is 25.4 Å². The molecule has 3 aromatic heterocycles. The molecule has 0 unspecified atom stereocenters. The number of fused-ring (bicyclic) bond motifs is 1. The van der Waals surface area contributed by atoms with Crippen molar-refractivity contribution in [1.29, 1.82) is 0 Å². The maximum atomic E-state index is 5.96. The van der Waals surface area contributed by atoms with E-state index < -0.39 is 0 Å². The summed E-state index contributed by atoms with van der Waals surface area (Å²) in [5.41, 5.74) is 1.36. The minimum absolute atomic E-state index is 0.170. The summed E-state index contributed by atoms with van der Waals surface area (Å²) in [5.74, 6) is 1.11. The molecule has 0 atom stereocenters. The van der Waals surface area contributed by atoms with E-state index in [0.717, 1.165) is 0 Å². The van der Waals surface area contributed by atoms with E-state index in [1.54, 1.807) is 18.7 Å². The number of H-pyrrole nitrogens is 1. The van der Waals surface area contributed by atoms with Crippen LogP contribution in [-0.2, 0) is 0 Å². The van der Waals surface area contributed by atoms with Crippen LogP contribution in [0.1, 0.15) is 19.9 Å². The van der Waals surface area contributed by atoms with Crippen molar-refractivity contribution < 1.29 is 0 Å². The molecule has 0 spiro atoms. The van der Waals surface area contributed by atoms with E-state index >= 15 is 0 Å². The Morgan fingerprint density at radius 3 is 2.84 bits per heavy atom. The van der Waals surface area contributed by atoms with Crippen molar-refractivity contribution in [2.45, 2.75) is 19.9 Å². The van der Waals surface area contributed by atoms with Crippen LogP contribution in [0.15, 0.2) is 18.7 Å². The van der Waals surface area contributed by atoms with E-state index in [9.17, 15) is 0 Å². The van der Waals surface area contributed by atoms with Crippen molar-refractivity contribution >= 4 is 34.5 Å². The van der Waals surface area contributed by atoms with Crippen LogP contribution in [-0.4, -0.2) is 29.5 Å². The Kier molecular flexibility index (Phi) is 2.83. The molecule has 0 aliphatic heterocycles. The van der Waals surface area contributed by atoms with E-state index in [2.05, 4.69) is 44.1 Å². The van der Waals surface area contributed by atoms with Gasteiger partial charge in [0.05, 0.1) is 6.33 Å². The first-order valence-electron chi connectivity index (χ1n) is 5.81. The lowest BCUT2D eigenvalue weighted by Crippen LogP contribution is -2.02. The van der Waals surface area contributed by atoms with Crippen LogP contribution in [0, 0.1) is 0 Å². The van der Waals surface area contributed by atoms with E-state index in [1.807, 2.05) is 4.57 Å². The van der Waals surface area contributed by atoms with Gasteiger partial charge in [0.2, 0.25) is 11.2 Å². The van der Waals surface area contributed by atoms with Gasteiger partial charge in [0, 0.05) is 18.4 Å². The highest BCUT2D eigenvalue weighted by Crippen LogP contribution is 2.24. The molecule has 3 heterocycles. The lowest BCUT2D eigenvalue weighted by atomic mass is 10.4. The number of halogens is 1. The zero-order valence-electron chi connectivity index (χ0n) is 10.4. The highest BCUT2D eigenvalue weighted by molar-refractivity contribution is 6.28. The molecule has 0 aliphatic carbocycles. The van der Waals surface area contributed by atoms with Crippen LogP contribution in [0.4, 0.5) is 11.8 Å². The molecule has 19 heavy (non-hydrogen) atoms. The van der Waals surface area contributed by atoms with Crippen molar-refractivity contribution in [3.63, 3.8) is 0 Å². The van der Waals surface area contributed by atoms with Crippen LogP contribution in [0.5, 0.6) is 0 Å². The molecule has 0 fully saturated rings. The van der Waals surface area contributed by atoms with Crippen LogP contribution < -0.4 is 5.32 Å². The van der Waals surface area contributed by atoms with Gasteiger partial charge in [0.15, 0.2) is 17.0 Å². The van der Waals surface area contributed by atoms with Crippen molar-refractivity contribution in [1.82, 2.24) is 29.5 Å². The average molecular weight is 278 g/mol. The zero-order chi connectivity index (χ0) is 13.4. The van der Waals surface area contributed by atoms with Gasteiger partial charge in [0.25, 0.3) is 0 Å². The lowest BCUT2D eigenvalue weighted by molar-refractivity contribution is 0.612. The normalized spacial score (nSPS) is 11.4. The molecule has 7 nitrogen and oxygen atoms in total. The summed E-state index contributed by atoms with van der Waals surface area (Å²) in [7, 11) is 0. The number of nitrogens with zero attached hydrogens (tertiary/aromatic N) is 5. The molecule has 3 aromatic rings. The number of imidazole rings is 2. The smallest absolute Gasteiger partial charge is 0.226 e. The summed E-state index contributed by atoms with van der Waals surface area (Å²) in [6, 6.07) is 0.243. The Bertz CT molecular complexity index is 701. The first kappa shape index (κ1) is 11.9. The number of hydrogen-bond acceptors (Lipinski definition) is 5. The average Bonchev–Trinajstić information content (AvgIpc) is 2.97. The highest BCUT2D eigenvalue weighted by Gasteiger charge is 2.14. The summed E-state index contributed by atoms with van der Waals surface area (Å²) in [6.07, 6.45) is 5.09. The predicted octanol–water partition coefficient (Wildman–Crippen LogP) is 2.53. The summed E-state index contributed by atoms with van der Waals surface area (Å²) < 4.78 is 1.94. The van der Waals surface area contributed by atoms with Gasteiger partial charge < -0.3 is 14.9 Å². The molecule has 0 amide bonds. The summed E-state index contributed by atoms with van der Waals surface area (Å²) in [6.45, 7) is 4.10. The van der Waals surface area contributed by atoms with Crippen molar-refractivity contribution in [3.05, 3.63) is 24.0 Å². The number of aromatic amines is 1. The second kappa shape index (κ2) is 4.51. The lowest BCUT2D eigenvalue weighted by Gasteiger charge is -2.08. The van der Waals surface area contributed by atoms with Crippen LogP contribution >= 0.6 is 11.6 Å². The van der Waals surface area contributed by atoms with Gasteiger partial charge >= 0.3 is 0 Å². The van der Waals surface area contributed by atoms with E-state index in [-0.39, 0.29) is 11.3 Å². The van der Waals surface area contributed by atoms with Crippen LogP contribution in [0.2, 0.25) is 5.28 Å². The summed E-state index contributed by atoms with van der Waals surface area (Å²) >= 11 is 5.96. The van der Waals surface area contributed by atoms with Gasteiger partial charge in [-0.2, -0.15) is 9.97 Å². The Morgan fingerprint density at radius 2 is 2.16 bits per heavy atom. The molecule has 0 aliphatic rings. The molecular weight excluding hydrogens is 266 g/mol. The third-order valence-electron chi connectivity index (χ3n) is 2.69. The van der Waals surface area contributed by atoms with Gasteiger partial charge in [-0.1, -0.05) is 0 Å². The SMILES string of the molecule is CC(C)n1cnc2c(Nc3ncc[nH]3)nc(Cl)nc21. The van der Waals surface area contributed by atoms with E-state index in [1.165, 1.54) is 0 Å². The molecule has 0 aromatic carbocycles. The first-order valence-corrected chi connectivity index (χ1v) is 6.19. The fourth-order valence-electron chi connectivity index (χ4n) is 1.80. The van der Waals surface area contributed by atoms with Gasteiger partial charge in [-0.15, -0.1) is 0 Å².